The van der Waals surface area contributed by atoms with Crippen molar-refractivity contribution >= 4 is 0 Å². The molecule has 1 aliphatic carbocycles. The van der Waals surface area contributed by atoms with Crippen LogP contribution in [0, 0.1) is 0 Å². The van der Waals surface area contributed by atoms with Gasteiger partial charge in [0, 0.05) is 25.4 Å². The van der Waals surface area contributed by atoms with Gasteiger partial charge in [-0.05, 0) is 19.8 Å². The van der Waals surface area contributed by atoms with Gasteiger partial charge in [-0.3, -0.25) is 4.68 Å². The molecule has 0 spiro atoms. The van der Waals surface area contributed by atoms with E-state index in [0.29, 0.717) is 12.1 Å². The number of rotatable bonds is 6. The normalized spacial score (nSPS) is 25.1. The topological polar surface area (TPSA) is 52.0 Å². The summed E-state index contributed by atoms with van der Waals surface area (Å²) in [4.78, 5) is 0. The molecule has 0 saturated heterocycles. The molecule has 0 radical (unpaired) electrons. The summed E-state index contributed by atoms with van der Waals surface area (Å²) in [6.07, 6.45) is 6.36. The first kappa shape index (κ1) is 10.6. The van der Waals surface area contributed by atoms with Crippen molar-refractivity contribution in [2.75, 3.05) is 13.2 Å². The highest BCUT2D eigenvalue weighted by Crippen LogP contribution is 2.22. The monoisotopic (exact) mass is 210 g/mol. The van der Waals surface area contributed by atoms with E-state index in [4.69, 9.17) is 4.74 Å². The van der Waals surface area contributed by atoms with Gasteiger partial charge in [0.05, 0.1) is 18.8 Å². The fourth-order valence-electron chi connectivity index (χ4n) is 1.84. The SMILES string of the molecule is CCOC1CC(NCCn2ccnn2)C1. The molecule has 5 heteroatoms. The van der Waals surface area contributed by atoms with Crippen molar-refractivity contribution in [3.8, 4) is 0 Å². The molecule has 0 amide bonds. The average Bonchev–Trinajstić information content (AvgIpc) is 2.66. The molecule has 0 atom stereocenters. The van der Waals surface area contributed by atoms with Gasteiger partial charge in [-0.25, -0.2) is 0 Å². The van der Waals surface area contributed by atoms with Crippen molar-refractivity contribution in [2.24, 2.45) is 0 Å². The highest BCUT2D eigenvalue weighted by molar-refractivity contribution is 4.85. The lowest BCUT2D eigenvalue weighted by Crippen LogP contribution is -2.46. The summed E-state index contributed by atoms with van der Waals surface area (Å²) in [7, 11) is 0. The largest absolute Gasteiger partial charge is 0.378 e. The standard InChI is InChI=1S/C10H18N4O/c1-2-15-10-7-9(8-10)11-3-5-14-6-4-12-13-14/h4,6,9-11H,2-3,5,7-8H2,1H3. The lowest BCUT2D eigenvalue weighted by Gasteiger charge is -2.35. The second-order valence-corrected chi connectivity index (χ2v) is 3.87. The fourth-order valence-corrected chi connectivity index (χ4v) is 1.84. The average molecular weight is 210 g/mol. The third-order valence-electron chi connectivity index (χ3n) is 2.74. The van der Waals surface area contributed by atoms with Crippen molar-refractivity contribution < 1.29 is 4.74 Å². The molecule has 2 rings (SSSR count). The minimum Gasteiger partial charge on any atom is -0.378 e. The van der Waals surface area contributed by atoms with Crippen LogP contribution in [-0.2, 0) is 11.3 Å². The Hall–Kier alpha value is -0.940. The molecular formula is C10H18N4O. The van der Waals surface area contributed by atoms with Crippen LogP contribution in [0.1, 0.15) is 19.8 Å². The quantitative estimate of drug-likeness (QED) is 0.740. The molecule has 0 aromatic carbocycles. The molecule has 0 aliphatic heterocycles. The van der Waals surface area contributed by atoms with E-state index >= 15 is 0 Å². The predicted molar refractivity (Wildman–Crippen MR) is 56.5 cm³/mol. The number of hydrogen-bond acceptors (Lipinski definition) is 4. The van der Waals surface area contributed by atoms with E-state index in [1.165, 1.54) is 0 Å². The predicted octanol–water partition coefficient (Wildman–Crippen LogP) is 0.435. The van der Waals surface area contributed by atoms with Crippen LogP contribution in [0.3, 0.4) is 0 Å². The molecule has 84 valence electrons. The van der Waals surface area contributed by atoms with Crippen molar-refractivity contribution in [1.82, 2.24) is 20.3 Å². The third kappa shape index (κ3) is 3.00. The van der Waals surface area contributed by atoms with Gasteiger partial charge >= 0.3 is 0 Å². The third-order valence-corrected chi connectivity index (χ3v) is 2.74. The highest BCUT2D eigenvalue weighted by Gasteiger charge is 2.28. The highest BCUT2D eigenvalue weighted by atomic mass is 16.5. The first-order valence-electron chi connectivity index (χ1n) is 5.57. The van der Waals surface area contributed by atoms with Gasteiger partial charge < -0.3 is 10.1 Å². The Morgan fingerprint density at radius 3 is 3.07 bits per heavy atom. The first-order chi connectivity index (χ1) is 7.38. The van der Waals surface area contributed by atoms with Crippen LogP contribution in [-0.4, -0.2) is 40.3 Å². The van der Waals surface area contributed by atoms with Crippen LogP contribution >= 0.6 is 0 Å². The minimum atomic E-state index is 0.485. The van der Waals surface area contributed by atoms with E-state index in [9.17, 15) is 0 Å². The molecule has 1 fully saturated rings. The van der Waals surface area contributed by atoms with E-state index in [2.05, 4.69) is 15.6 Å². The van der Waals surface area contributed by atoms with Gasteiger partial charge in [-0.2, -0.15) is 0 Å². The fraction of sp³-hybridized carbons (Fsp3) is 0.800. The summed E-state index contributed by atoms with van der Waals surface area (Å²) in [5, 5.41) is 11.1. The molecule has 1 heterocycles. The lowest BCUT2D eigenvalue weighted by molar-refractivity contribution is -0.00989. The Bertz CT molecular complexity index is 269. The van der Waals surface area contributed by atoms with Crippen molar-refractivity contribution in [1.29, 1.82) is 0 Å². The summed E-state index contributed by atoms with van der Waals surface area (Å²) in [6.45, 7) is 4.71. The van der Waals surface area contributed by atoms with Crippen molar-refractivity contribution in [3.05, 3.63) is 12.4 Å². The minimum absolute atomic E-state index is 0.485. The summed E-state index contributed by atoms with van der Waals surface area (Å²) in [5.41, 5.74) is 0. The zero-order valence-corrected chi connectivity index (χ0v) is 9.09. The molecule has 1 aromatic heterocycles. The van der Waals surface area contributed by atoms with E-state index in [1.807, 2.05) is 17.8 Å². The second kappa shape index (κ2) is 5.23. The Labute approximate surface area is 89.8 Å². The summed E-state index contributed by atoms with van der Waals surface area (Å²) >= 11 is 0. The summed E-state index contributed by atoms with van der Waals surface area (Å²) in [5.74, 6) is 0. The van der Waals surface area contributed by atoms with Gasteiger partial charge in [0.15, 0.2) is 0 Å². The smallest absolute Gasteiger partial charge is 0.0692 e. The Kier molecular flexibility index (Phi) is 3.69. The van der Waals surface area contributed by atoms with Gasteiger partial charge in [-0.15, -0.1) is 5.10 Å². The maximum atomic E-state index is 5.49. The molecule has 1 N–H and O–H groups in total. The molecule has 5 nitrogen and oxygen atoms in total. The van der Waals surface area contributed by atoms with Crippen LogP contribution in [0.25, 0.3) is 0 Å². The van der Waals surface area contributed by atoms with Crippen molar-refractivity contribution in [2.45, 2.75) is 38.5 Å². The maximum absolute atomic E-state index is 5.49. The van der Waals surface area contributed by atoms with Gasteiger partial charge in [0.2, 0.25) is 0 Å². The molecule has 1 aromatic rings. The van der Waals surface area contributed by atoms with Crippen LogP contribution < -0.4 is 5.32 Å². The van der Waals surface area contributed by atoms with E-state index in [1.54, 1.807) is 6.20 Å². The molecular weight excluding hydrogens is 192 g/mol. The number of hydrogen-bond donors (Lipinski definition) is 1. The van der Waals surface area contributed by atoms with Crippen LogP contribution in [0.4, 0.5) is 0 Å². The van der Waals surface area contributed by atoms with Crippen molar-refractivity contribution in [3.63, 3.8) is 0 Å². The van der Waals surface area contributed by atoms with Crippen LogP contribution in [0.5, 0.6) is 0 Å². The molecule has 1 aliphatic rings. The zero-order chi connectivity index (χ0) is 10.5. The second-order valence-electron chi connectivity index (χ2n) is 3.87. The van der Waals surface area contributed by atoms with Crippen LogP contribution in [0.15, 0.2) is 12.4 Å². The molecule has 15 heavy (non-hydrogen) atoms. The molecule has 0 unspecified atom stereocenters. The first-order valence-corrected chi connectivity index (χ1v) is 5.57. The molecule has 0 bridgehead atoms. The summed E-state index contributed by atoms with van der Waals surface area (Å²) < 4.78 is 7.33. The van der Waals surface area contributed by atoms with Gasteiger partial charge in [0.1, 0.15) is 0 Å². The lowest BCUT2D eigenvalue weighted by atomic mass is 9.89. The Balaban J connectivity index is 1.53. The van der Waals surface area contributed by atoms with Gasteiger partial charge in [0.25, 0.3) is 0 Å². The van der Waals surface area contributed by atoms with E-state index in [0.717, 1.165) is 32.5 Å². The zero-order valence-electron chi connectivity index (χ0n) is 9.09. The molecule has 1 saturated carbocycles. The van der Waals surface area contributed by atoms with Gasteiger partial charge in [-0.1, -0.05) is 5.21 Å². The maximum Gasteiger partial charge on any atom is 0.0692 e. The summed E-state index contributed by atoms with van der Waals surface area (Å²) in [6, 6.07) is 0.630. The number of aromatic nitrogens is 3. The van der Waals surface area contributed by atoms with E-state index in [-0.39, 0.29) is 0 Å². The number of nitrogens with zero attached hydrogens (tertiary/aromatic N) is 3. The Morgan fingerprint density at radius 1 is 1.53 bits per heavy atom. The van der Waals surface area contributed by atoms with E-state index < -0.39 is 0 Å². The number of ether oxygens (including phenoxy) is 1. The Morgan fingerprint density at radius 2 is 2.40 bits per heavy atom. The number of nitrogens with one attached hydrogen (secondary N) is 1. The van der Waals surface area contributed by atoms with Crippen LogP contribution in [0.2, 0.25) is 0 Å².